The standard InChI is InChI=1S/C21H17N3O5/c1-13(20(27)23-16-7-5-14(12-22)6-8-16)29-21(28)15-3-2-4-17(11-15)24-18(25)9-10-19(24)26/h2-8,11,13H,9-10H2,1H3,(H,23,27)/t13-/m0/s1. The molecule has 0 radical (unpaired) electrons. The predicted molar refractivity (Wildman–Crippen MR) is 103 cm³/mol. The topological polar surface area (TPSA) is 117 Å². The van der Waals surface area contributed by atoms with Crippen molar-refractivity contribution in [1.29, 1.82) is 5.26 Å². The minimum atomic E-state index is -1.09. The molecule has 1 N–H and O–H groups in total. The van der Waals surface area contributed by atoms with Crippen LogP contribution in [0.1, 0.15) is 35.7 Å². The molecule has 29 heavy (non-hydrogen) atoms. The second kappa shape index (κ2) is 8.35. The summed E-state index contributed by atoms with van der Waals surface area (Å²) in [6.45, 7) is 1.42. The third kappa shape index (κ3) is 4.47. The predicted octanol–water partition coefficient (Wildman–Crippen LogP) is 2.40. The lowest BCUT2D eigenvalue weighted by Gasteiger charge is -2.16. The van der Waals surface area contributed by atoms with Crippen molar-refractivity contribution in [3.8, 4) is 6.07 Å². The monoisotopic (exact) mass is 391 g/mol. The molecule has 1 atom stereocenters. The molecule has 0 aliphatic carbocycles. The summed E-state index contributed by atoms with van der Waals surface area (Å²) >= 11 is 0. The van der Waals surface area contributed by atoms with Crippen LogP contribution in [-0.4, -0.2) is 29.8 Å². The first kappa shape index (κ1) is 19.8. The average Bonchev–Trinajstić information content (AvgIpc) is 3.06. The molecule has 2 aromatic carbocycles. The second-order valence-corrected chi connectivity index (χ2v) is 6.40. The van der Waals surface area contributed by atoms with Crippen LogP contribution < -0.4 is 10.2 Å². The van der Waals surface area contributed by atoms with Crippen molar-refractivity contribution in [3.05, 3.63) is 59.7 Å². The lowest BCUT2D eigenvalue weighted by molar-refractivity contribution is -0.124. The van der Waals surface area contributed by atoms with Gasteiger partial charge in [0, 0.05) is 18.5 Å². The number of ether oxygens (including phenoxy) is 1. The number of esters is 1. The van der Waals surface area contributed by atoms with Crippen LogP contribution in [0.15, 0.2) is 48.5 Å². The molecule has 1 aliphatic heterocycles. The van der Waals surface area contributed by atoms with E-state index in [0.29, 0.717) is 16.9 Å². The molecule has 1 saturated heterocycles. The van der Waals surface area contributed by atoms with Gasteiger partial charge in [0.25, 0.3) is 5.91 Å². The maximum atomic E-state index is 12.4. The molecular formula is C21H17N3O5. The summed E-state index contributed by atoms with van der Waals surface area (Å²) < 4.78 is 5.19. The highest BCUT2D eigenvalue weighted by Crippen LogP contribution is 2.24. The van der Waals surface area contributed by atoms with Gasteiger partial charge in [-0.15, -0.1) is 0 Å². The molecule has 3 rings (SSSR count). The van der Waals surface area contributed by atoms with Gasteiger partial charge < -0.3 is 10.1 Å². The molecule has 1 fully saturated rings. The highest BCUT2D eigenvalue weighted by atomic mass is 16.5. The smallest absolute Gasteiger partial charge is 0.338 e. The number of hydrogen-bond donors (Lipinski definition) is 1. The van der Waals surface area contributed by atoms with Crippen LogP contribution in [0, 0.1) is 11.3 Å². The molecule has 1 aliphatic rings. The van der Waals surface area contributed by atoms with Gasteiger partial charge in [-0.2, -0.15) is 5.26 Å². The molecule has 3 amide bonds. The van der Waals surface area contributed by atoms with Crippen molar-refractivity contribution >= 4 is 35.1 Å². The fraction of sp³-hybridized carbons (Fsp3) is 0.190. The number of hydrogen-bond acceptors (Lipinski definition) is 6. The van der Waals surface area contributed by atoms with Gasteiger partial charge in [0.15, 0.2) is 6.10 Å². The van der Waals surface area contributed by atoms with Crippen molar-refractivity contribution in [1.82, 2.24) is 0 Å². The number of carbonyl (C=O) groups excluding carboxylic acids is 4. The minimum Gasteiger partial charge on any atom is -0.449 e. The summed E-state index contributed by atoms with van der Waals surface area (Å²) in [7, 11) is 0. The Hall–Kier alpha value is -3.99. The largest absolute Gasteiger partial charge is 0.449 e. The Balaban J connectivity index is 1.65. The first-order valence-corrected chi connectivity index (χ1v) is 8.87. The number of nitrogens with one attached hydrogen (secondary N) is 1. The highest BCUT2D eigenvalue weighted by molar-refractivity contribution is 6.20. The van der Waals surface area contributed by atoms with E-state index in [-0.39, 0.29) is 30.2 Å². The van der Waals surface area contributed by atoms with E-state index < -0.39 is 18.0 Å². The van der Waals surface area contributed by atoms with Crippen molar-refractivity contribution in [3.63, 3.8) is 0 Å². The van der Waals surface area contributed by atoms with Crippen molar-refractivity contribution < 1.29 is 23.9 Å². The van der Waals surface area contributed by atoms with Crippen LogP contribution in [0.25, 0.3) is 0 Å². The molecule has 8 nitrogen and oxygen atoms in total. The van der Waals surface area contributed by atoms with E-state index in [0.717, 1.165) is 4.90 Å². The van der Waals surface area contributed by atoms with Gasteiger partial charge in [0.05, 0.1) is 22.9 Å². The van der Waals surface area contributed by atoms with E-state index in [1.165, 1.54) is 25.1 Å². The molecule has 0 aromatic heterocycles. The number of rotatable bonds is 5. The highest BCUT2D eigenvalue weighted by Gasteiger charge is 2.30. The third-order valence-corrected chi connectivity index (χ3v) is 4.33. The van der Waals surface area contributed by atoms with Crippen LogP contribution in [0.2, 0.25) is 0 Å². The Kier molecular flexibility index (Phi) is 5.69. The maximum absolute atomic E-state index is 12.4. The van der Waals surface area contributed by atoms with Crippen LogP contribution in [0.4, 0.5) is 11.4 Å². The van der Waals surface area contributed by atoms with Crippen molar-refractivity contribution in [2.24, 2.45) is 0 Å². The van der Waals surface area contributed by atoms with Gasteiger partial charge in [0.1, 0.15) is 0 Å². The van der Waals surface area contributed by atoms with Crippen LogP contribution in [0.5, 0.6) is 0 Å². The third-order valence-electron chi connectivity index (χ3n) is 4.33. The van der Waals surface area contributed by atoms with E-state index in [1.54, 1.807) is 30.3 Å². The van der Waals surface area contributed by atoms with E-state index in [9.17, 15) is 19.2 Å². The van der Waals surface area contributed by atoms with Crippen LogP contribution in [0.3, 0.4) is 0 Å². The van der Waals surface area contributed by atoms with Gasteiger partial charge in [0.2, 0.25) is 11.8 Å². The zero-order valence-corrected chi connectivity index (χ0v) is 15.5. The quantitative estimate of drug-likeness (QED) is 0.618. The Labute approximate surface area is 166 Å². The summed E-state index contributed by atoms with van der Waals surface area (Å²) in [6.07, 6.45) is -0.808. The van der Waals surface area contributed by atoms with Gasteiger partial charge in [-0.05, 0) is 49.4 Å². The molecule has 8 heteroatoms. The number of benzene rings is 2. The van der Waals surface area contributed by atoms with Gasteiger partial charge in [-0.25, -0.2) is 4.79 Å². The fourth-order valence-corrected chi connectivity index (χ4v) is 2.79. The molecule has 0 saturated carbocycles. The SMILES string of the molecule is C[C@H](OC(=O)c1cccc(N2C(=O)CCC2=O)c1)C(=O)Nc1ccc(C#N)cc1. The van der Waals surface area contributed by atoms with Gasteiger partial charge in [-0.3, -0.25) is 19.3 Å². The zero-order valence-electron chi connectivity index (χ0n) is 15.5. The number of nitrogens with zero attached hydrogens (tertiary/aromatic N) is 2. The molecule has 2 aromatic rings. The molecule has 0 bridgehead atoms. The Morgan fingerprint density at radius 2 is 1.76 bits per heavy atom. The number of carbonyl (C=O) groups is 4. The summed E-state index contributed by atoms with van der Waals surface area (Å²) in [5, 5.41) is 11.4. The van der Waals surface area contributed by atoms with Gasteiger partial charge in [-0.1, -0.05) is 6.07 Å². The Morgan fingerprint density at radius 1 is 1.10 bits per heavy atom. The number of nitriles is 1. The van der Waals surface area contributed by atoms with E-state index >= 15 is 0 Å². The second-order valence-electron chi connectivity index (χ2n) is 6.40. The number of anilines is 2. The molecule has 0 spiro atoms. The molecule has 146 valence electrons. The zero-order chi connectivity index (χ0) is 21.0. The minimum absolute atomic E-state index is 0.119. The average molecular weight is 391 g/mol. The fourth-order valence-electron chi connectivity index (χ4n) is 2.79. The van der Waals surface area contributed by atoms with E-state index in [1.807, 2.05) is 6.07 Å². The first-order chi connectivity index (χ1) is 13.9. The lowest BCUT2D eigenvalue weighted by Crippen LogP contribution is -2.30. The Morgan fingerprint density at radius 3 is 2.38 bits per heavy atom. The van der Waals surface area contributed by atoms with Crippen LogP contribution in [-0.2, 0) is 19.1 Å². The van der Waals surface area contributed by atoms with Crippen molar-refractivity contribution in [2.75, 3.05) is 10.2 Å². The summed E-state index contributed by atoms with van der Waals surface area (Å²) in [6, 6.07) is 14.2. The molecule has 1 heterocycles. The summed E-state index contributed by atoms with van der Waals surface area (Å²) in [4.78, 5) is 49.4. The first-order valence-electron chi connectivity index (χ1n) is 8.87. The lowest BCUT2D eigenvalue weighted by atomic mass is 10.2. The Bertz CT molecular complexity index is 1010. The van der Waals surface area contributed by atoms with E-state index in [4.69, 9.17) is 10.00 Å². The summed E-state index contributed by atoms with van der Waals surface area (Å²) in [5.41, 5.74) is 1.33. The van der Waals surface area contributed by atoms with Crippen molar-refractivity contribution in [2.45, 2.75) is 25.9 Å². The van der Waals surface area contributed by atoms with E-state index in [2.05, 4.69) is 5.32 Å². The summed E-state index contributed by atoms with van der Waals surface area (Å²) in [5.74, 6) is -1.94. The number of imide groups is 1. The molecule has 0 unspecified atom stereocenters. The van der Waals surface area contributed by atoms with Crippen LogP contribution >= 0.6 is 0 Å². The maximum Gasteiger partial charge on any atom is 0.338 e. The number of amides is 3. The normalized spacial score (nSPS) is 14.3. The van der Waals surface area contributed by atoms with Gasteiger partial charge >= 0.3 is 5.97 Å². The molecular weight excluding hydrogens is 374 g/mol.